The lowest BCUT2D eigenvalue weighted by atomic mass is 10.2. The Labute approximate surface area is 86.6 Å². The van der Waals surface area contributed by atoms with E-state index in [1.165, 1.54) is 11.3 Å². The summed E-state index contributed by atoms with van der Waals surface area (Å²) in [7, 11) is 0. The summed E-state index contributed by atoms with van der Waals surface area (Å²) in [6, 6.07) is 5.13. The van der Waals surface area contributed by atoms with Gasteiger partial charge in [-0.3, -0.25) is 0 Å². The van der Waals surface area contributed by atoms with E-state index in [0.717, 1.165) is 13.7 Å². The van der Waals surface area contributed by atoms with Gasteiger partial charge in [0.25, 0.3) is 0 Å². The molecule has 1 heterocycles. The number of phenolic OH excluding ortho intramolecular Hbond substituents is 1. The van der Waals surface area contributed by atoms with Crippen LogP contribution in [0.4, 0.5) is 0 Å². The standard InChI is InChI=1S/C8H5IO2S/c9-5-1-2-6(10)8-4(5)3-7(11)12-8/h1-3,10-11H. The summed E-state index contributed by atoms with van der Waals surface area (Å²) in [6.45, 7) is 0. The normalized spacial score (nSPS) is 10.8. The average Bonchev–Trinajstić information content (AvgIpc) is 2.41. The van der Waals surface area contributed by atoms with Crippen LogP contribution in [-0.4, -0.2) is 10.2 Å². The Kier molecular flexibility index (Phi) is 1.88. The van der Waals surface area contributed by atoms with E-state index in [9.17, 15) is 10.2 Å². The van der Waals surface area contributed by atoms with Crippen LogP contribution in [0.3, 0.4) is 0 Å². The monoisotopic (exact) mass is 292 g/mol. The minimum absolute atomic E-state index is 0.232. The quantitative estimate of drug-likeness (QED) is 0.733. The van der Waals surface area contributed by atoms with Gasteiger partial charge >= 0.3 is 0 Å². The maximum Gasteiger partial charge on any atom is 0.172 e. The van der Waals surface area contributed by atoms with Crippen molar-refractivity contribution >= 4 is 44.0 Å². The van der Waals surface area contributed by atoms with Gasteiger partial charge in [-0.25, -0.2) is 0 Å². The van der Waals surface area contributed by atoms with Crippen LogP contribution >= 0.6 is 33.9 Å². The molecule has 0 fully saturated rings. The van der Waals surface area contributed by atoms with Crippen molar-refractivity contribution in [2.75, 3.05) is 0 Å². The van der Waals surface area contributed by atoms with Crippen molar-refractivity contribution in [2.24, 2.45) is 0 Å². The second-order valence-corrected chi connectivity index (χ2v) is 4.59. The number of hydrogen-bond donors (Lipinski definition) is 2. The zero-order valence-corrected chi connectivity index (χ0v) is 8.89. The summed E-state index contributed by atoms with van der Waals surface area (Å²) in [5, 5.41) is 19.8. The third-order valence-corrected chi connectivity index (χ3v) is 3.50. The van der Waals surface area contributed by atoms with E-state index in [0.29, 0.717) is 0 Å². The fraction of sp³-hybridized carbons (Fsp3) is 0. The van der Waals surface area contributed by atoms with Gasteiger partial charge in [0.2, 0.25) is 0 Å². The van der Waals surface area contributed by atoms with Crippen molar-refractivity contribution in [2.45, 2.75) is 0 Å². The number of rotatable bonds is 0. The largest absolute Gasteiger partial charge is 0.506 e. The third-order valence-electron chi connectivity index (χ3n) is 1.60. The first-order valence-electron chi connectivity index (χ1n) is 3.28. The molecular formula is C8H5IO2S. The van der Waals surface area contributed by atoms with Gasteiger partial charge in [0.1, 0.15) is 5.75 Å². The van der Waals surface area contributed by atoms with E-state index in [1.807, 2.05) is 6.07 Å². The molecule has 2 aromatic rings. The number of phenols is 1. The van der Waals surface area contributed by atoms with Gasteiger partial charge in [0.05, 0.1) is 4.70 Å². The predicted molar refractivity (Wildman–Crippen MR) is 57.9 cm³/mol. The molecule has 2 N–H and O–H groups in total. The minimum atomic E-state index is 0.232. The van der Waals surface area contributed by atoms with Crippen molar-refractivity contribution in [1.29, 1.82) is 0 Å². The van der Waals surface area contributed by atoms with Gasteiger partial charge < -0.3 is 10.2 Å². The van der Waals surface area contributed by atoms with Crippen LogP contribution in [0.1, 0.15) is 0 Å². The second-order valence-electron chi connectivity index (χ2n) is 2.39. The summed E-state index contributed by atoms with van der Waals surface area (Å²) in [4.78, 5) is 0. The zero-order chi connectivity index (χ0) is 8.72. The van der Waals surface area contributed by atoms with Crippen LogP contribution in [0.2, 0.25) is 0 Å². The van der Waals surface area contributed by atoms with Crippen LogP contribution in [0, 0.1) is 3.57 Å². The molecule has 2 nitrogen and oxygen atoms in total. The van der Waals surface area contributed by atoms with E-state index in [-0.39, 0.29) is 10.8 Å². The molecule has 0 radical (unpaired) electrons. The highest BCUT2D eigenvalue weighted by Gasteiger charge is 2.07. The SMILES string of the molecule is Oc1cc2c(I)ccc(O)c2s1. The minimum Gasteiger partial charge on any atom is -0.506 e. The van der Waals surface area contributed by atoms with Crippen molar-refractivity contribution in [3.05, 3.63) is 21.8 Å². The Morgan fingerprint density at radius 3 is 2.67 bits per heavy atom. The second kappa shape index (κ2) is 2.77. The maximum absolute atomic E-state index is 9.40. The van der Waals surface area contributed by atoms with Gasteiger partial charge in [-0.15, -0.1) is 0 Å². The molecular weight excluding hydrogens is 287 g/mol. The number of fused-ring (bicyclic) bond motifs is 1. The zero-order valence-electron chi connectivity index (χ0n) is 5.91. The highest BCUT2D eigenvalue weighted by atomic mass is 127. The molecule has 0 aliphatic carbocycles. The Hall–Kier alpha value is -0.490. The van der Waals surface area contributed by atoms with Crippen LogP contribution < -0.4 is 0 Å². The van der Waals surface area contributed by atoms with Gasteiger partial charge in [0, 0.05) is 15.0 Å². The van der Waals surface area contributed by atoms with Crippen molar-refractivity contribution in [3.8, 4) is 10.8 Å². The lowest BCUT2D eigenvalue weighted by Crippen LogP contribution is -1.70. The molecule has 12 heavy (non-hydrogen) atoms. The van der Waals surface area contributed by atoms with E-state index in [1.54, 1.807) is 12.1 Å². The molecule has 0 saturated carbocycles. The number of aromatic hydroxyl groups is 2. The summed E-state index contributed by atoms with van der Waals surface area (Å²) >= 11 is 3.37. The average molecular weight is 292 g/mol. The Morgan fingerprint density at radius 2 is 2.00 bits per heavy atom. The number of hydrogen-bond acceptors (Lipinski definition) is 3. The van der Waals surface area contributed by atoms with Crippen molar-refractivity contribution < 1.29 is 10.2 Å². The van der Waals surface area contributed by atoms with Crippen LogP contribution in [-0.2, 0) is 0 Å². The van der Waals surface area contributed by atoms with Crippen LogP contribution in [0.15, 0.2) is 18.2 Å². The predicted octanol–water partition coefficient (Wildman–Crippen LogP) is 2.92. The number of thiophene rings is 1. The van der Waals surface area contributed by atoms with E-state index < -0.39 is 0 Å². The molecule has 0 bridgehead atoms. The molecule has 1 aromatic carbocycles. The van der Waals surface area contributed by atoms with Crippen molar-refractivity contribution in [3.63, 3.8) is 0 Å². The van der Waals surface area contributed by atoms with Gasteiger partial charge in [-0.1, -0.05) is 11.3 Å². The van der Waals surface area contributed by atoms with Crippen LogP contribution in [0.25, 0.3) is 10.1 Å². The first kappa shape index (κ1) is 8.12. The van der Waals surface area contributed by atoms with Crippen LogP contribution in [0.5, 0.6) is 10.8 Å². The smallest absolute Gasteiger partial charge is 0.172 e. The summed E-state index contributed by atoms with van der Waals surface area (Å²) < 4.78 is 1.79. The third kappa shape index (κ3) is 1.15. The lowest BCUT2D eigenvalue weighted by molar-refractivity contribution is 0.482. The topological polar surface area (TPSA) is 40.5 Å². The molecule has 0 saturated heterocycles. The molecule has 0 spiro atoms. The molecule has 0 unspecified atom stereocenters. The molecule has 0 amide bonds. The molecule has 4 heteroatoms. The molecule has 0 aliphatic rings. The van der Waals surface area contributed by atoms with E-state index in [2.05, 4.69) is 22.6 Å². The molecule has 1 aromatic heterocycles. The van der Waals surface area contributed by atoms with Gasteiger partial charge in [-0.2, -0.15) is 0 Å². The summed E-state index contributed by atoms with van der Waals surface area (Å²) in [5.41, 5.74) is 0. The fourth-order valence-corrected chi connectivity index (χ4v) is 2.69. The Bertz CT molecular complexity index is 397. The molecule has 62 valence electrons. The van der Waals surface area contributed by atoms with Crippen molar-refractivity contribution in [1.82, 2.24) is 0 Å². The first-order chi connectivity index (χ1) is 5.68. The Balaban J connectivity index is 2.93. The Morgan fingerprint density at radius 1 is 1.25 bits per heavy atom. The van der Waals surface area contributed by atoms with E-state index in [4.69, 9.17) is 0 Å². The maximum atomic E-state index is 9.40. The van der Waals surface area contributed by atoms with Gasteiger partial charge in [-0.05, 0) is 34.7 Å². The first-order valence-corrected chi connectivity index (χ1v) is 5.18. The highest BCUT2D eigenvalue weighted by Crippen LogP contribution is 2.38. The van der Waals surface area contributed by atoms with E-state index >= 15 is 0 Å². The summed E-state index contributed by atoms with van der Waals surface area (Å²) in [6.07, 6.45) is 0. The fourth-order valence-electron chi connectivity index (χ4n) is 1.06. The summed E-state index contributed by atoms with van der Waals surface area (Å²) in [5.74, 6) is 0.232. The molecule has 0 atom stereocenters. The molecule has 0 aliphatic heterocycles. The number of benzene rings is 1. The van der Waals surface area contributed by atoms with Gasteiger partial charge in [0.15, 0.2) is 5.06 Å². The number of halogens is 1. The highest BCUT2D eigenvalue weighted by molar-refractivity contribution is 14.1. The molecule has 2 rings (SSSR count). The lowest BCUT2D eigenvalue weighted by Gasteiger charge is -1.95.